The summed E-state index contributed by atoms with van der Waals surface area (Å²) in [7, 11) is 4.03. The molecule has 2 rings (SSSR count). The van der Waals surface area contributed by atoms with Crippen molar-refractivity contribution in [1.29, 1.82) is 0 Å². The Labute approximate surface area is 120 Å². The first-order valence-electron chi connectivity index (χ1n) is 6.82. The van der Waals surface area contributed by atoms with Crippen LogP contribution in [-0.2, 0) is 6.42 Å². The second kappa shape index (κ2) is 6.53. The standard InChI is InChI=1S/C17H21FN2/c1-20(2)17-8-6-14(7-9-17)15(12-19)10-13-4-3-5-16(18)11-13/h3-9,11,15H,10,12,19H2,1-2H3. The van der Waals surface area contributed by atoms with Gasteiger partial charge in [0.05, 0.1) is 0 Å². The third-order valence-corrected chi connectivity index (χ3v) is 3.54. The van der Waals surface area contributed by atoms with Gasteiger partial charge in [0.15, 0.2) is 0 Å². The molecular weight excluding hydrogens is 251 g/mol. The minimum atomic E-state index is -0.193. The summed E-state index contributed by atoms with van der Waals surface area (Å²) in [5.41, 5.74) is 9.23. The van der Waals surface area contributed by atoms with Gasteiger partial charge in [0.25, 0.3) is 0 Å². The van der Waals surface area contributed by atoms with Crippen LogP contribution in [0.1, 0.15) is 17.0 Å². The Morgan fingerprint density at radius 3 is 2.35 bits per heavy atom. The van der Waals surface area contributed by atoms with Gasteiger partial charge in [-0.25, -0.2) is 4.39 Å². The van der Waals surface area contributed by atoms with E-state index in [0.29, 0.717) is 6.54 Å². The smallest absolute Gasteiger partial charge is 0.123 e. The number of anilines is 1. The molecule has 0 heterocycles. The van der Waals surface area contributed by atoms with Gasteiger partial charge in [0, 0.05) is 25.7 Å². The molecule has 106 valence electrons. The van der Waals surface area contributed by atoms with E-state index in [1.807, 2.05) is 20.2 Å². The highest BCUT2D eigenvalue weighted by molar-refractivity contribution is 5.46. The van der Waals surface area contributed by atoms with E-state index in [1.54, 1.807) is 12.1 Å². The van der Waals surface area contributed by atoms with Crippen LogP contribution in [-0.4, -0.2) is 20.6 Å². The van der Waals surface area contributed by atoms with E-state index in [0.717, 1.165) is 17.7 Å². The molecule has 0 amide bonds. The van der Waals surface area contributed by atoms with Gasteiger partial charge in [-0.2, -0.15) is 0 Å². The molecule has 0 saturated carbocycles. The summed E-state index contributed by atoms with van der Waals surface area (Å²) in [6, 6.07) is 15.1. The highest BCUT2D eigenvalue weighted by atomic mass is 19.1. The first-order chi connectivity index (χ1) is 9.60. The van der Waals surface area contributed by atoms with Crippen LogP contribution in [0.4, 0.5) is 10.1 Å². The van der Waals surface area contributed by atoms with Crippen molar-refractivity contribution in [1.82, 2.24) is 0 Å². The van der Waals surface area contributed by atoms with Crippen molar-refractivity contribution in [3.8, 4) is 0 Å². The Morgan fingerprint density at radius 2 is 1.80 bits per heavy atom. The van der Waals surface area contributed by atoms with Crippen LogP contribution in [0.25, 0.3) is 0 Å². The molecule has 0 aliphatic carbocycles. The molecule has 3 heteroatoms. The normalized spacial score (nSPS) is 12.2. The number of nitrogens with zero attached hydrogens (tertiary/aromatic N) is 1. The summed E-state index contributed by atoms with van der Waals surface area (Å²) < 4.78 is 13.2. The third-order valence-electron chi connectivity index (χ3n) is 3.54. The summed E-state index contributed by atoms with van der Waals surface area (Å²) >= 11 is 0. The molecule has 0 radical (unpaired) electrons. The van der Waals surface area contributed by atoms with Crippen LogP contribution in [0.15, 0.2) is 48.5 Å². The maximum absolute atomic E-state index is 13.2. The minimum absolute atomic E-state index is 0.193. The molecule has 1 unspecified atom stereocenters. The lowest BCUT2D eigenvalue weighted by Gasteiger charge is -2.18. The molecule has 0 aliphatic rings. The van der Waals surface area contributed by atoms with E-state index in [2.05, 4.69) is 29.2 Å². The van der Waals surface area contributed by atoms with Crippen molar-refractivity contribution in [3.05, 3.63) is 65.5 Å². The molecule has 0 bridgehead atoms. The fourth-order valence-electron chi connectivity index (χ4n) is 2.33. The Morgan fingerprint density at radius 1 is 1.10 bits per heavy atom. The average Bonchev–Trinajstić information content (AvgIpc) is 2.45. The van der Waals surface area contributed by atoms with Gasteiger partial charge in [0.2, 0.25) is 0 Å². The van der Waals surface area contributed by atoms with E-state index in [1.165, 1.54) is 11.6 Å². The van der Waals surface area contributed by atoms with Crippen molar-refractivity contribution in [2.45, 2.75) is 12.3 Å². The highest BCUT2D eigenvalue weighted by Crippen LogP contribution is 2.23. The van der Waals surface area contributed by atoms with E-state index in [-0.39, 0.29) is 11.7 Å². The topological polar surface area (TPSA) is 29.3 Å². The second-order valence-electron chi connectivity index (χ2n) is 5.25. The third kappa shape index (κ3) is 3.58. The lowest BCUT2D eigenvalue weighted by Crippen LogP contribution is -2.15. The summed E-state index contributed by atoms with van der Waals surface area (Å²) in [5, 5.41) is 0. The lowest BCUT2D eigenvalue weighted by molar-refractivity contribution is 0.621. The number of hydrogen-bond acceptors (Lipinski definition) is 2. The van der Waals surface area contributed by atoms with Crippen molar-refractivity contribution in [2.75, 3.05) is 25.5 Å². The van der Waals surface area contributed by atoms with Gasteiger partial charge >= 0.3 is 0 Å². The molecule has 0 spiro atoms. The summed E-state index contributed by atoms with van der Waals surface area (Å²) in [5.74, 6) is 0.0224. The number of halogens is 1. The molecule has 2 nitrogen and oxygen atoms in total. The lowest BCUT2D eigenvalue weighted by atomic mass is 9.92. The first-order valence-corrected chi connectivity index (χ1v) is 6.82. The number of nitrogens with two attached hydrogens (primary N) is 1. The van der Waals surface area contributed by atoms with Crippen LogP contribution < -0.4 is 10.6 Å². The van der Waals surface area contributed by atoms with Gasteiger partial charge < -0.3 is 10.6 Å². The molecule has 2 aromatic rings. The van der Waals surface area contributed by atoms with Crippen molar-refractivity contribution >= 4 is 5.69 Å². The van der Waals surface area contributed by atoms with E-state index < -0.39 is 0 Å². The molecular formula is C17H21FN2. The molecule has 1 atom stereocenters. The van der Waals surface area contributed by atoms with Gasteiger partial charge in [-0.1, -0.05) is 24.3 Å². The summed E-state index contributed by atoms with van der Waals surface area (Å²) in [6.07, 6.45) is 0.759. The molecule has 0 aliphatic heterocycles. The zero-order valence-corrected chi connectivity index (χ0v) is 12.0. The average molecular weight is 272 g/mol. The van der Waals surface area contributed by atoms with Crippen LogP contribution in [0.5, 0.6) is 0 Å². The first kappa shape index (κ1) is 14.5. The maximum atomic E-state index is 13.2. The van der Waals surface area contributed by atoms with E-state index in [4.69, 9.17) is 5.73 Å². The predicted molar refractivity (Wildman–Crippen MR) is 82.7 cm³/mol. The summed E-state index contributed by atoms with van der Waals surface area (Å²) in [6.45, 7) is 0.553. The molecule has 20 heavy (non-hydrogen) atoms. The molecule has 0 fully saturated rings. The predicted octanol–water partition coefficient (Wildman–Crippen LogP) is 3.18. The monoisotopic (exact) mass is 272 g/mol. The number of hydrogen-bond donors (Lipinski definition) is 1. The Balaban J connectivity index is 2.15. The maximum Gasteiger partial charge on any atom is 0.123 e. The van der Waals surface area contributed by atoms with Crippen LogP contribution >= 0.6 is 0 Å². The second-order valence-corrected chi connectivity index (χ2v) is 5.25. The van der Waals surface area contributed by atoms with Gasteiger partial charge in [-0.3, -0.25) is 0 Å². The van der Waals surface area contributed by atoms with Crippen molar-refractivity contribution < 1.29 is 4.39 Å². The van der Waals surface area contributed by atoms with Crippen LogP contribution in [0.2, 0.25) is 0 Å². The SMILES string of the molecule is CN(C)c1ccc(C(CN)Cc2cccc(F)c2)cc1. The fourth-order valence-corrected chi connectivity index (χ4v) is 2.33. The Bertz CT molecular complexity index is 549. The zero-order valence-electron chi connectivity index (χ0n) is 12.0. The van der Waals surface area contributed by atoms with E-state index >= 15 is 0 Å². The van der Waals surface area contributed by atoms with Crippen LogP contribution in [0, 0.1) is 5.82 Å². The molecule has 2 N–H and O–H groups in total. The molecule has 0 saturated heterocycles. The van der Waals surface area contributed by atoms with Gasteiger partial charge in [-0.15, -0.1) is 0 Å². The zero-order chi connectivity index (χ0) is 14.5. The quantitative estimate of drug-likeness (QED) is 0.906. The minimum Gasteiger partial charge on any atom is -0.378 e. The van der Waals surface area contributed by atoms with E-state index in [9.17, 15) is 4.39 Å². The number of benzene rings is 2. The fraction of sp³-hybridized carbons (Fsp3) is 0.294. The van der Waals surface area contributed by atoms with Crippen molar-refractivity contribution in [3.63, 3.8) is 0 Å². The van der Waals surface area contributed by atoms with Crippen molar-refractivity contribution in [2.24, 2.45) is 5.73 Å². The highest BCUT2D eigenvalue weighted by Gasteiger charge is 2.11. The summed E-state index contributed by atoms with van der Waals surface area (Å²) in [4.78, 5) is 2.06. The number of rotatable bonds is 5. The molecule has 0 aromatic heterocycles. The Kier molecular flexibility index (Phi) is 4.74. The van der Waals surface area contributed by atoms with Crippen LogP contribution in [0.3, 0.4) is 0 Å². The Hall–Kier alpha value is -1.87. The van der Waals surface area contributed by atoms with Gasteiger partial charge in [-0.05, 0) is 48.4 Å². The largest absolute Gasteiger partial charge is 0.378 e. The molecule has 2 aromatic carbocycles. The van der Waals surface area contributed by atoms with Gasteiger partial charge in [0.1, 0.15) is 5.82 Å².